The maximum absolute atomic E-state index is 11.2. The van der Waals surface area contributed by atoms with Crippen LogP contribution in [0.2, 0.25) is 0 Å². The Bertz CT molecular complexity index is 664. The molecular formula is C10H10ClN3O2S. The maximum atomic E-state index is 11.2. The smallest absolute Gasteiger partial charge is 0.249 e. The second-order valence-electron chi connectivity index (χ2n) is 3.57. The van der Waals surface area contributed by atoms with E-state index in [1.807, 2.05) is 0 Å². The highest BCUT2D eigenvalue weighted by atomic mass is 35.7. The molecule has 1 aromatic carbocycles. The van der Waals surface area contributed by atoms with E-state index >= 15 is 0 Å². The molecule has 5 nitrogen and oxygen atoms in total. The number of hydrogen-bond donors (Lipinski definition) is 0. The fourth-order valence-corrected chi connectivity index (χ4v) is 2.35. The first kappa shape index (κ1) is 12.1. The molecule has 0 spiro atoms. The highest BCUT2D eigenvalue weighted by molar-refractivity contribution is 8.13. The number of aryl methyl sites for hydroxylation is 2. The first-order chi connectivity index (χ1) is 7.88. The first-order valence-corrected chi connectivity index (χ1v) is 7.11. The van der Waals surface area contributed by atoms with Gasteiger partial charge in [0.25, 0.3) is 9.05 Å². The molecule has 7 heteroatoms. The molecule has 0 aliphatic carbocycles. The van der Waals surface area contributed by atoms with E-state index in [-0.39, 0.29) is 4.90 Å². The summed E-state index contributed by atoms with van der Waals surface area (Å²) in [6, 6.07) is 6.30. The van der Waals surface area contributed by atoms with Gasteiger partial charge in [-0.15, -0.1) is 0 Å². The van der Waals surface area contributed by atoms with Crippen molar-refractivity contribution in [3.8, 4) is 11.4 Å². The van der Waals surface area contributed by atoms with Gasteiger partial charge in [0.15, 0.2) is 5.82 Å². The van der Waals surface area contributed by atoms with Crippen molar-refractivity contribution in [1.82, 2.24) is 14.8 Å². The number of hydrogen-bond acceptors (Lipinski definition) is 4. The number of aromatic nitrogens is 3. The van der Waals surface area contributed by atoms with Crippen molar-refractivity contribution in [2.75, 3.05) is 0 Å². The summed E-state index contributed by atoms with van der Waals surface area (Å²) in [6.07, 6.45) is 0. The third-order valence-corrected chi connectivity index (χ3v) is 3.59. The van der Waals surface area contributed by atoms with Crippen LogP contribution in [0, 0.1) is 6.92 Å². The molecule has 0 saturated carbocycles. The lowest BCUT2D eigenvalue weighted by Crippen LogP contribution is -1.96. The van der Waals surface area contributed by atoms with Crippen molar-refractivity contribution >= 4 is 19.7 Å². The van der Waals surface area contributed by atoms with E-state index in [0.717, 1.165) is 0 Å². The Kier molecular flexibility index (Phi) is 2.92. The predicted octanol–water partition coefficient (Wildman–Crippen LogP) is 1.72. The standard InChI is InChI=1S/C10H10ClN3O2S/c1-7-12-10(14(2)13-7)8-4-3-5-9(6-8)17(11,15)16/h3-6H,1-2H3. The summed E-state index contributed by atoms with van der Waals surface area (Å²) in [4.78, 5) is 4.27. The van der Waals surface area contributed by atoms with Crippen LogP contribution < -0.4 is 0 Å². The van der Waals surface area contributed by atoms with Crippen LogP contribution in [-0.4, -0.2) is 23.2 Å². The number of benzene rings is 1. The molecule has 0 aliphatic heterocycles. The molecule has 2 rings (SSSR count). The lowest BCUT2D eigenvalue weighted by atomic mass is 10.2. The fourth-order valence-electron chi connectivity index (χ4n) is 1.55. The molecule has 0 fully saturated rings. The van der Waals surface area contributed by atoms with E-state index in [0.29, 0.717) is 17.2 Å². The van der Waals surface area contributed by atoms with Crippen molar-refractivity contribution in [2.24, 2.45) is 7.05 Å². The summed E-state index contributed by atoms with van der Waals surface area (Å²) in [5.41, 5.74) is 0.662. The second-order valence-corrected chi connectivity index (χ2v) is 6.14. The van der Waals surface area contributed by atoms with E-state index in [1.54, 1.807) is 30.8 Å². The lowest BCUT2D eigenvalue weighted by molar-refractivity contribution is 0.609. The molecule has 17 heavy (non-hydrogen) atoms. The summed E-state index contributed by atoms with van der Waals surface area (Å²) in [6.45, 7) is 1.77. The lowest BCUT2D eigenvalue weighted by Gasteiger charge is -2.02. The van der Waals surface area contributed by atoms with Crippen LogP contribution in [0.25, 0.3) is 11.4 Å². The minimum Gasteiger partial charge on any atom is -0.249 e. The van der Waals surface area contributed by atoms with Crippen molar-refractivity contribution in [1.29, 1.82) is 0 Å². The van der Waals surface area contributed by atoms with Crippen LogP contribution in [0.5, 0.6) is 0 Å². The van der Waals surface area contributed by atoms with E-state index in [1.165, 1.54) is 12.1 Å². The highest BCUT2D eigenvalue weighted by Crippen LogP contribution is 2.22. The average molecular weight is 272 g/mol. The van der Waals surface area contributed by atoms with Gasteiger partial charge >= 0.3 is 0 Å². The van der Waals surface area contributed by atoms with Gasteiger partial charge in [-0.3, -0.25) is 0 Å². The summed E-state index contributed by atoms with van der Waals surface area (Å²) in [7, 11) is 3.32. The van der Waals surface area contributed by atoms with E-state index in [9.17, 15) is 8.42 Å². The first-order valence-electron chi connectivity index (χ1n) is 4.80. The average Bonchev–Trinajstić information content (AvgIpc) is 2.57. The minimum absolute atomic E-state index is 0.0531. The van der Waals surface area contributed by atoms with Gasteiger partial charge in [0.1, 0.15) is 5.82 Å². The summed E-state index contributed by atoms with van der Waals surface area (Å²) >= 11 is 0. The quantitative estimate of drug-likeness (QED) is 0.780. The Hall–Kier alpha value is -1.40. The Morgan fingerprint density at radius 2 is 2.06 bits per heavy atom. The van der Waals surface area contributed by atoms with Gasteiger partial charge in [-0.2, -0.15) is 5.10 Å². The van der Waals surface area contributed by atoms with Crippen molar-refractivity contribution in [3.05, 3.63) is 30.1 Å². The van der Waals surface area contributed by atoms with Gasteiger partial charge in [0.05, 0.1) is 4.90 Å². The van der Waals surface area contributed by atoms with Gasteiger partial charge in [-0.1, -0.05) is 12.1 Å². The number of nitrogens with zero attached hydrogens (tertiary/aromatic N) is 3. The summed E-state index contributed by atoms with van der Waals surface area (Å²) in [5, 5.41) is 4.10. The SMILES string of the molecule is Cc1nc(-c2cccc(S(=O)(=O)Cl)c2)n(C)n1. The van der Waals surface area contributed by atoms with Gasteiger partial charge in [0.2, 0.25) is 0 Å². The zero-order valence-electron chi connectivity index (χ0n) is 9.25. The molecule has 0 radical (unpaired) electrons. The molecule has 0 saturated heterocycles. The van der Waals surface area contributed by atoms with Gasteiger partial charge in [-0.05, 0) is 19.1 Å². The van der Waals surface area contributed by atoms with E-state index in [2.05, 4.69) is 10.1 Å². The molecule has 0 bridgehead atoms. The van der Waals surface area contributed by atoms with Crippen LogP contribution in [0.1, 0.15) is 5.82 Å². The van der Waals surface area contributed by atoms with Gasteiger partial charge in [0, 0.05) is 23.3 Å². The van der Waals surface area contributed by atoms with Crippen molar-refractivity contribution in [3.63, 3.8) is 0 Å². The Morgan fingerprint density at radius 1 is 1.35 bits per heavy atom. The largest absolute Gasteiger partial charge is 0.261 e. The molecule has 0 aliphatic rings. The molecule has 1 heterocycles. The van der Waals surface area contributed by atoms with Crippen molar-refractivity contribution < 1.29 is 8.42 Å². The molecule has 0 atom stereocenters. The highest BCUT2D eigenvalue weighted by Gasteiger charge is 2.13. The number of rotatable bonds is 2. The Labute approximate surface area is 103 Å². The Morgan fingerprint density at radius 3 is 2.59 bits per heavy atom. The maximum Gasteiger partial charge on any atom is 0.261 e. The predicted molar refractivity (Wildman–Crippen MR) is 64.2 cm³/mol. The summed E-state index contributed by atoms with van der Waals surface area (Å²) < 4.78 is 24.1. The monoisotopic (exact) mass is 271 g/mol. The van der Waals surface area contributed by atoms with Crippen LogP contribution in [0.15, 0.2) is 29.2 Å². The van der Waals surface area contributed by atoms with Gasteiger partial charge in [-0.25, -0.2) is 18.1 Å². The van der Waals surface area contributed by atoms with Crippen LogP contribution in [0.3, 0.4) is 0 Å². The third-order valence-electron chi connectivity index (χ3n) is 2.24. The summed E-state index contributed by atoms with van der Waals surface area (Å²) in [5.74, 6) is 1.23. The molecule has 2 aromatic rings. The normalized spacial score (nSPS) is 11.7. The molecular weight excluding hydrogens is 262 g/mol. The second kappa shape index (κ2) is 4.12. The van der Waals surface area contributed by atoms with Crippen LogP contribution >= 0.6 is 10.7 Å². The third kappa shape index (κ3) is 2.48. The topological polar surface area (TPSA) is 64.8 Å². The van der Waals surface area contributed by atoms with Gasteiger partial charge < -0.3 is 0 Å². The molecule has 1 aromatic heterocycles. The van der Waals surface area contributed by atoms with E-state index in [4.69, 9.17) is 10.7 Å². The zero-order valence-corrected chi connectivity index (χ0v) is 10.8. The molecule has 0 N–H and O–H groups in total. The van der Waals surface area contributed by atoms with Crippen LogP contribution in [-0.2, 0) is 16.1 Å². The molecule has 0 amide bonds. The minimum atomic E-state index is -3.72. The fraction of sp³-hybridized carbons (Fsp3) is 0.200. The van der Waals surface area contributed by atoms with E-state index < -0.39 is 9.05 Å². The Balaban J connectivity index is 2.58. The van der Waals surface area contributed by atoms with Crippen molar-refractivity contribution in [2.45, 2.75) is 11.8 Å². The zero-order chi connectivity index (χ0) is 12.6. The van der Waals surface area contributed by atoms with Crippen LogP contribution in [0.4, 0.5) is 0 Å². The molecule has 90 valence electrons. The number of halogens is 1. The molecule has 0 unspecified atom stereocenters.